The number of fused-ring (bicyclic) bond motifs is 1. The third kappa shape index (κ3) is 4.23. The number of carbonyl (C=O) groups excluding carboxylic acids is 2. The van der Waals surface area contributed by atoms with Crippen LogP contribution in [-0.2, 0) is 17.8 Å². The molecule has 1 aromatic carbocycles. The van der Waals surface area contributed by atoms with Crippen molar-refractivity contribution in [2.75, 3.05) is 13.1 Å². The van der Waals surface area contributed by atoms with Gasteiger partial charge < -0.3 is 10.2 Å². The summed E-state index contributed by atoms with van der Waals surface area (Å²) in [4.78, 5) is 38.2. The SMILES string of the molecule is O=C(NCCC(=O)N1CCc2sccc2C1)c1cnn(-c2ccc([N+](=O)[O-])cc2)c1. The first-order chi connectivity index (χ1) is 14.5. The first-order valence-electron chi connectivity index (χ1n) is 9.42. The number of aromatic nitrogens is 2. The van der Waals surface area contributed by atoms with Crippen LogP contribution in [0.15, 0.2) is 48.1 Å². The highest BCUT2D eigenvalue weighted by Gasteiger charge is 2.21. The van der Waals surface area contributed by atoms with Crippen LogP contribution in [0.5, 0.6) is 0 Å². The average molecular weight is 425 g/mol. The first kappa shape index (κ1) is 19.8. The predicted molar refractivity (Wildman–Crippen MR) is 111 cm³/mol. The van der Waals surface area contributed by atoms with Crippen molar-refractivity contribution in [2.45, 2.75) is 19.4 Å². The Bertz CT molecular complexity index is 1090. The standard InChI is InChI=1S/C20H19N5O4S/c26-19(23-9-6-18-14(12-23)7-10-30-18)5-8-21-20(27)15-11-22-24(13-15)16-1-3-17(4-2-16)25(28)29/h1-4,7,10-11,13H,5-6,8-9,12H2,(H,21,27). The lowest BCUT2D eigenvalue weighted by Crippen LogP contribution is -2.37. The van der Waals surface area contributed by atoms with Gasteiger partial charge in [-0.3, -0.25) is 19.7 Å². The van der Waals surface area contributed by atoms with Crippen LogP contribution in [0, 0.1) is 10.1 Å². The number of amides is 2. The van der Waals surface area contributed by atoms with E-state index in [9.17, 15) is 19.7 Å². The number of thiophene rings is 1. The van der Waals surface area contributed by atoms with E-state index in [1.165, 1.54) is 33.5 Å². The molecule has 0 saturated carbocycles. The van der Waals surface area contributed by atoms with Crippen LogP contribution in [0.1, 0.15) is 27.2 Å². The van der Waals surface area contributed by atoms with Gasteiger partial charge in [-0.15, -0.1) is 11.3 Å². The molecule has 2 amide bonds. The summed E-state index contributed by atoms with van der Waals surface area (Å²) in [5.74, 6) is -0.302. The number of non-ortho nitro benzene ring substituents is 1. The molecule has 0 saturated heterocycles. The highest BCUT2D eigenvalue weighted by molar-refractivity contribution is 7.10. The molecule has 0 unspecified atom stereocenters. The lowest BCUT2D eigenvalue weighted by molar-refractivity contribution is -0.384. The van der Waals surface area contributed by atoms with Crippen LogP contribution in [0.2, 0.25) is 0 Å². The van der Waals surface area contributed by atoms with Crippen molar-refractivity contribution in [1.29, 1.82) is 0 Å². The predicted octanol–water partition coefficient (Wildman–Crippen LogP) is 2.55. The number of nitrogens with zero attached hydrogens (tertiary/aromatic N) is 4. The zero-order chi connectivity index (χ0) is 21.1. The maximum absolute atomic E-state index is 12.4. The van der Waals surface area contributed by atoms with Gasteiger partial charge in [-0.2, -0.15) is 5.10 Å². The van der Waals surface area contributed by atoms with Crippen molar-refractivity contribution in [3.8, 4) is 5.69 Å². The summed E-state index contributed by atoms with van der Waals surface area (Å²) in [5, 5.41) is 19.7. The van der Waals surface area contributed by atoms with Gasteiger partial charge in [-0.05, 0) is 35.6 Å². The second kappa shape index (κ2) is 8.46. The van der Waals surface area contributed by atoms with Crippen molar-refractivity contribution in [2.24, 2.45) is 0 Å². The summed E-state index contributed by atoms with van der Waals surface area (Å²) in [7, 11) is 0. The molecule has 2 aromatic heterocycles. The molecule has 3 heterocycles. The van der Waals surface area contributed by atoms with Crippen LogP contribution < -0.4 is 5.32 Å². The number of rotatable bonds is 6. The van der Waals surface area contributed by atoms with Gasteiger partial charge in [0.15, 0.2) is 0 Å². The van der Waals surface area contributed by atoms with E-state index in [1.54, 1.807) is 29.7 Å². The van der Waals surface area contributed by atoms with Gasteiger partial charge in [-0.1, -0.05) is 0 Å². The fourth-order valence-electron chi connectivity index (χ4n) is 3.31. The molecule has 9 nitrogen and oxygen atoms in total. The molecular weight excluding hydrogens is 406 g/mol. The second-order valence-electron chi connectivity index (χ2n) is 6.89. The largest absolute Gasteiger partial charge is 0.351 e. The smallest absolute Gasteiger partial charge is 0.269 e. The van der Waals surface area contributed by atoms with Gasteiger partial charge in [0.2, 0.25) is 5.91 Å². The molecule has 30 heavy (non-hydrogen) atoms. The third-order valence-electron chi connectivity index (χ3n) is 4.95. The Morgan fingerprint density at radius 2 is 2.03 bits per heavy atom. The zero-order valence-corrected chi connectivity index (χ0v) is 16.8. The lowest BCUT2D eigenvalue weighted by atomic mass is 10.1. The minimum atomic E-state index is -0.476. The van der Waals surface area contributed by atoms with Gasteiger partial charge in [0.1, 0.15) is 0 Å². The molecule has 0 atom stereocenters. The highest BCUT2D eigenvalue weighted by atomic mass is 32.1. The van der Waals surface area contributed by atoms with E-state index < -0.39 is 4.92 Å². The highest BCUT2D eigenvalue weighted by Crippen LogP contribution is 2.24. The molecule has 1 N–H and O–H groups in total. The van der Waals surface area contributed by atoms with Gasteiger partial charge in [0.25, 0.3) is 11.6 Å². The van der Waals surface area contributed by atoms with E-state index in [2.05, 4.69) is 21.9 Å². The Labute approximate surface area is 176 Å². The van der Waals surface area contributed by atoms with E-state index in [0.717, 1.165) is 6.42 Å². The van der Waals surface area contributed by atoms with Crippen molar-refractivity contribution >= 4 is 28.8 Å². The van der Waals surface area contributed by atoms with Crippen LogP contribution in [0.4, 0.5) is 5.69 Å². The minimum absolute atomic E-state index is 0.0162. The molecule has 1 aliphatic heterocycles. The number of hydrogen-bond acceptors (Lipinski definition) is 6. The summed E-state index contributed by atoms with van der Waals surface area (Å²) >= 11 is 1.73. The minimum Gasteiger partial charge on any atom is -0.351 e. The summed E-state index contributed by atoms with van der Waals surface area (Å²) in [6.45, 7) is 1.59. The molecule has 0 fully saturated rings. The fraction of sp³-hybridized carbons (Fsp3) is 0.250. The normalized spacial score (nSPS) is 13.0. The molecule has 0 bridgehead atoms. The number of nitro benzene ring substituents is 1. The van der Waals surface area contributed by atoms with Crippen molar-refractivity contribution in [3.63, 3.8) is 0 Å². The Morgan fingerprint density at radius 1 is 1.23 bits per heavy atom. The molecule has 0 aliphatic carbocycles. The van der Waals surface area contributed by atoms with Gasteiger partial charge in [0.05, 0.1) is 22.4 Å². The zero-order valence-electron chi connectivity index (χ0n) is 16.0. The number of nitro groups is 1. The van der Waals surface area contributed by atoms with Gasteiger partial charge in [0, 0.05) is 49.3 Å². The molecule has 3 aromatic rings. The van der Waals surface area contributed by atoms with Crippen LogP contribution >= 0.6 is 11.3 Å². The monoisotopic (exact) mass is 425 g/mol. The number of benzene rings is 1. The van der Waals surface area contributed by atoms with E-state index in [1.807, 2.05) is 4.90 Å². The van der Waals surface area contributed by atoms with Crippen molar-refractivity contribution in [1.82, 2.24) is 20.0 Å². The van der Waals surface area contributed by atoms with Crippen LogP contribution in [-0.4, -0.2) is 44.5 Å². The maximum Gasteiger partial charge on any atom is 0.269 e. The Kier molecular flexibility index (Phi) is 5.57. The fourth-order valence-corrected chi connectivity index (χ4v) is 4.20. The van der Waals surface area contributed by atoms with Gasteiger partial charge in [-0.25, -0.2) is 4.68 Å². The molecule has 154 valence electrons. The van der Waals surface area contributed by atoms with Crippen molar-refractivity contribution in [3.05, 3.63) is 74.2 Å². The van der Waals surface area contributed by atoms with E-state index in [-0.39, 0.29) is 30.5 Å². The van der Waals surface area contributed by atoms with E-state index in [4.69, 9.17) is 0 Å². The molecule has 0 radical (unpaired) electrons. The second-order valence-corrected chi connectivity index (χ2v) is 7.89. The van der Waals surface area contributed by atoms with Crippen LogP contribution in [0.3, 0.4) is 0 Å². The maximum atomic E-state index is 12.4. The van der Waals surface area contributed by atoms with Crippen LogP contribution in [0.25, 0.3) is 5.69 Å². The van der Waals surface area contributed by atoms with Crippen molar-refractivity contribution < 1.29 is 14.5 Å². The number of nitrogens with one attached hydrogen (secondary N) is 1. The first-order valence-corrected chi connectivity index (χ1v) is 10.3. The number of carbonyl (C=O) groups is 2. The Balaban J connectivity index is 1.28. The Morgan fingerprint density at radius 3 is 2.80 bits per heavy atom. The molecular formula is C20H19N5O4S. The Hall–Kier alpha value is -3.53. The molecule has 0 spiro atoms. The number of hydrogen-bond donors (Lipinski definition) is 1. The topological polar surface area (TPSA) is 110 Å². The van der Waals surface area contributed by atoms with E-state index in [0.29, 0.717) is 24.3 Å². The summed E-state index contributed by atoms with van der Waals surface area (Å²) < 4.78 is 1.47. The third-order valence-corrected chi connectivity index (χ3v) is 5.98. The molecule has 4 rings (SSSR count). The van der Waals surface area contributed by atoms with E-state index >= 15 is 0 Å². The quantitative estimate of drug-likeness (QED) is 0.482. The summed E-state index contributed by atoms with van der Waals surface area (Å²) in [6.07, 6.45) is 4.08. The molecule has 1 aliphatic rings. The van der Waals surface area contributed by atoms with Gasteiger partial charge >= 0.3 is 0 Å². The summed E-state index contributed by atoms with van der Waals surface area (Å²) in [5.41, 5.74) is 2.15. The lowest BCUT2D eigenvalue weighted by Gasteiger charge is -2.27. The summed E-state index contributed by atoms with van der Waals surface area (Å²) in [6, 6.07) is 7.93. The molecule has 10 heteroatoms. The average Bonchev–Trinajstić information content (AvgIpc) is 3.42.